The lowest BCUT2D eigenvalue weighted by atomic mass is 10.0. The van der Waals surface area contributed by atoms with Crippen LogP contribution in [-0.2, 0) is 4.74 Å². The van der Waals surface area contributed by atoms with Crippen LogP contribution in [0.5, 0.6) is 0 Å². The number of hydrogen-bond donors (Lipinski definition) is 1. The minimum atomic E-state index is 0.114. The van der Waals surface area contributed by atoms with E-state index in [0.717, 1.165) is 43.4 Å². The van der Waals surface area contributed by atoms with Gasteiger partial charge in [0.1, 0.15) is 0 Å². The van der Waals surface area contributed by atoms with E-state index in [1.165, 1.54) is 5.56 Å². The fourth-order valence-electron chi connectivity index (χ4n) is 3.16. The smallest absolute Gasteiger partial charge is 0.243 e. The Hall–Kier alpha value is -2.31. The third-order valence-corrected chi connectivity index (χ3v) is 4.24. The number of aryl methyl sites for hydroxylation is 2. The van der Waals surface area contributed by atoms with E-state index in [4.69, 9.17) is 4.74 Å². The third kappa shape index (κ3) is 4.61. The minimum absolute atomic E-state index is 0.114. The van der Waals surface area contributed by atoms with Crippen LogP contribution in [0.15, 0.2) is 41.5 Å². The lowest BCUT2D eigenvalue weighted by molar-refractivity contribution is 0.0286. The highest BCUT2D eigenvalue weighted by Crippen LogP contribution is 2.23. The van der Waals surface area contributed by atoms with Gasteiger partial charge in [-0.2, -0.15) is 5.10 Å². The predicted molar refractivity (Wildman–Crippen MR) is 99.8 cm³/mol. The second-order valence-corrected chi connectivity index (χ2v) is 6.30. The maximum atomic E-state index is 5.50. The zero-order chi connectivity index (χ0) is 17.6. The number of benzene rings is 1. The van der Waals surface area contributed by atoms with Gasteiger partial charge in [-0.25, -0.2) is 15.4 Å². The van der Waals surface area contributed by atoms with Gasteiger partial charge in [0, 0.05) is 24.5 Å². The third-order valence-electron chi connectivity index (χ3n) is 4.24. The molecular formula is C19H25N5O. The Morgan fingerprint density at radius 3 is 2.40 bits per heavy atom. The van der Waals surface area contributed by atoms with Gasteiger partial charge in [-0.1, -0.05) is 30.3 Å². The molecule has 1 N–H and O–H groups in total. The molecule has 1 saturated heterocycles. The first-order valence-electron chi connectivity index (χ1n) is 8.63. The molecule has 0 saturated carbocycles. The zero-order valence-corrected chi connectivity index (χ0v) is 15.1. The van der Waals surface area contributed by atoms with Crippen molar-refractivity contribution in [3.05, 3.63) is 53.3 Å². The Morgan fingerprint density at radius 2 is 1.76 bits per heavy atom. The van der Waals surface area contributed by atoms with Gasteiger partial charge in [0.05, 0.1) is 25.0 Å². The first-order chi connectivity index (χ1) is 12.1. The molecule has 1 aliphatic heterocycles. The van der Waals surface area contributed by atoms with Crippen molar-refractivity contribution >= 4 is 11.7 Å². The summed E-state index contributed by atoms with van der Waals surface area (Å²) in [7, 11) is 0. The van der Waals surface area contributed by atoms with Gasteiger partial charge in [-0.05, 0) is 32.4 Å². The van der Waals surface area contributed by atoms with Crippen molar-refractivity contribution in [2.75, 3.05) is 31.7 Å². The number of aromatic nitrogens is 2. The molecule has 2 heterocycles. The van der Waals surface area contributed by atoms with E-state index >= 15 is 0 Å². The lowest BCUT2D eigenvalue weighted by Crippen LogP contribution is -2.41. The standard InChI is InChI=1S/C19H25N5O/c1-14-13-15(2)21-19(20-14)23-22-16(3)18(17-7-5-4-6-8-17)24-9-11-25-12-10-24/h4-8,13,18H,9-12H2,1-3H3,(H,20,21,23)/b22-16-/t18-/m1/s1. The Balaban J connectivity index is 1.83. The molecule has 0 unspecified atom stereocenters. The number of nitrogens with zero attached hydrogens (tertiary/aromatic N) is 4. The average Bonchev–Trinajstić information content (AvgIpc) is 2.61. The summed E-state index contributed by atoms with van der Waals surface area (Å²) in [5, 5.41) is 4.59. The van der Waals surface area contributed by atoms with Crippen LogP contribution in [0.3, 0.4) is 0 Å². The van der Waals surface area contributed by atoms with Crippen molar-refractivity contribution in [3.8, 4) is 0 Å². The molecule has 0 spiro atoms. The minimum Gasteiger partial charge on any atom is -0.379 e. The zero-order valence-electron chi connectivity index (χ0n) is 15.1. The van der Waals surface area contributed by atoms with Crippen LogP contribution in [0.1, 0.15) is 29.9 Å². The van der Waals surface area contributed by atoms with E-state index in [0.29, 0.717) is 5.95 Å². The fourth-order valence-corrected chi connectivity index (χ4v) is 3.16. The number of nitrogens with one attached hydrogen (secondary N) is 1. The number of morpholine rings is 1. The summed E-state index contributed by atoms with van der Waals surface area (Å²) in [5.41, 5.74) is 7.09. The average molecular weight is 339 g/mol. The topological polar surface area (TPSA) is 62.6 Å². The van der Waals surface area contributed by atoms with Crippen molar-refractivity contribution in [1.82, 2.24) is 14.9 Å². The van der Waals surface area contributed by atoms with Crippen molar-refractivity contribution in [3.63, 3.8) is 0 Å². The molecule has 6 nitrogen and oxygen atoms in total. The van der Waals surface area contributed by atoms with Crippen molar-refractivity contribution < 1.29 is 4.74 Å². The summed E-state index contributed by atoms with van der Waals surface area (Å²) in [6, 6.07) is 12.5. The monoisotopic (exact) mass is 339 g/mol. The van der Waals surface area contributed by atoms with E-state index in [1.807, 2.05) is 32.9 Å². The molecule has 6 heteroatoms. The SMILES string of the molecule is C/C(=N/Nc1nc(C)cc(C)n1)[C@H](c1ccccc1)N1CCOCC1. The van der Waals surface area contributed by atoms with Crippen LogP contribution in [0.4, 0.5) is 5.95 Å². The summed E-state index contributed by atoms with van der Waals surface area (Å²) in [5.74, 6) is 0.533. The molecule has 0 aliphatic carbocycles. The molecular weight excluding hydrogens is 314 g/mol. The number of hydrogen-bond acceptors (Lipinski definition) is 6. The maximum absolute atomic E-state index is 5.50. The van der Waals surface area contributed by atoms with E-state index < -0.39 is 0 Å². The first kappa shape index (κ1) is 17.5. The highest BCUT2D eigenvalue weighted by molar-refractivity contribution is 5.88. The summed E-state index contributed by atoms with van der Waals surface area (Å²) < 4.78 is 5.50. The molecule has 1 atom stereocenters. The van der Waals surface area contributed by atoms with Crippen LogP contribution in [0.2, 0.25) is 0 Å². The highest BCUT2D eigenvalue weighted by Gasteiger charge is 2.25. The molecule has 3 rings (SSSR count). The van der Waals surface area contributed by atoms with Crippen molar-refractivity contribution in [2.24, 2.45) is 5.10 Å². The molecule has 132 valence electrons. The first-order valence-corrected chi connectivity index (χ1v) is 8.63. The molecule has 25 heavy (non-hydrogen) atoms. The van der Waals surface area contributed by atoms with Gasteiger partial charge in [-0.15, -0.1) is 0 Å². The van der Waals surface area contributed by atoms with Gasteiger partial charge in [0.2, 0.25) is 5.95 Å². The molecule has 1 fully saturated rings. The maximum Gasteiger partial charge on any atom is 0.243 e. The van der Waals surface area contributed by atoms with Crippen LogP contribution in [-0.4, -0.2) is 46.9 Å². The summed E-state index contributed by atoms with van der Waals surface area (Å²) >= 11 is 0. The molecule has 0 amide bonds. The normalized spacial score (nSPS) is 17.3. The van der Waals surface area contributed by atoms with Crippen molar-refractivity contribution in [1.29, 1.82) is 0 Å². The Bertz CT molecular complexity index is 706. The molecule has 0 radical (unpaired) electrons. The van der Waals surface area contributed by atoms with Crippen molar-refractivity contribution in [2.45, 2.75) is 26.8 Å². The second-order valence-electron chi connectivity index (χ2n) is 6.30. The predicted octanol–water partition coefficient (Wildman–Crippen LogP) is 2.95. The molecule has 2 aromatic rings. The second kappa shape index (κ2) is 8.18. The van der Waals surface area contributed by atoms with E-state index in [9.17, 15) is 0 Å². The molecule has 1 aliphatic rings. The van der Waals surface area contributed by atoms with Gasteiger partial charge < -0.3 is 4.74 Å². The largest absolute Gasteiger partial charge is 0.379 e. The number of hydrazone groups is 1. The Labute approximate surface area is 148 Å². The highest BCUT2D eigenvalue weighted by atomic mass is 16.5. The van der Waals surface area contributed by atoms with Gasteiger partial charge in [0.25, 0.3) is 0 Å². The van der Waals surface area contributed by atoms with Crippen LogP contribution >= 0.6 is 0 Å². The van der Waals surface area contributed by atoms with Gasteiger partial charge in [-0.3, -0.25) is 4.90 Å². The quantitative estimate of drug-likeness (QED) is 0.670. The lowest BCUT2D eigenvalue weighted by Gasteiger charge is -2.34. The van der Waals surface area contributed by atoms with E-state index in [2.05, 4.69) is 49.7 Å². The van der Waals surface area contributed by atoms with E-state index in [1.54, 1.807) is 0 Å². The van der Waals surface area contributed by atoms with Crippen LogP contribution in [0, 0.1) is 13.8 Å². The number of ether oxygens (including phenoxy) is 1. The van der Waals surface area contributed by atoms with Gasteiger partial charge in [0.15, 0.2) is 0 Å². The Morgan fingerprint density at radius 1 is 1.12 bits per heavy atom. The van der Waals surface area contributed by atoms with Crippen LogP contribution < -0.4 is 5.43 Å². The van der Waals surface area contributed by atoms with Crippen LogP contribution in [0.25, 0.3) is 0 Å². The van der Waals surface area contributed by atoms with Gasteiger partial charge >= 0.3 is 0 Å². The summed E-state index contributed by atoms with van der Waals surface area (Å²) in [6.45, 7) is 9.25. The molecule has 1 aromatic heterocycles. The molecule has 1 aromatic carbocycles. The van der Waals surface area contributed by atoms with E-state index in [-0.39, 0.29) is 6.04 Å². The Kier molecular flexibility index (Phi) is 5.73. The molecule has 0 bridgehead atoms. The summed E-state index contributed by atoms with van der Waals surface area (Å²) in [4.78, 5) is 11.2. The number of rotatable bonds is 5. The summed E-state index contributed by atoms with van der Waals surface area (Å²) in [6.07, 6.45) is 0. The fraction of sp³-hybridized carbons (Fsp3) is 0.421. The number of anilines is 1.